The highest BCUT2D eigenvalue weighted by Crippen LogP contribution is 2.11. The molecule has 0 saturated heterocycles. The molecule has 0 aromatic heterocycles. The number of hydrogen-bond donors (Lipinski definition) is 0. The Kier molecular flexibility index (Phi) is 8.53. The van der Waals surface area contributed by atoms with Crippen molar-refractivity contribution in [3.8, 4) is 0 Å². The lowest BCUT2D eigenvalue weighted by Crippen LogP contribution is -2.42. The highest BCUT2D eigenvalue weighted by molar-refractivity contribution is 5.75. The van der Waals surface area contributed by atoms with E-state index in [9.17, 15) is 4.79 Å². The van der Waals surface area contributed by atoms with Crippen molar-refractivity contribution in [2.24, 2.45) is 0 Å². The van der Waals surface area contributed by atoms with Crippen LogP contribution in [-0.4, -0.2) is 37.1 Å². The Morgan fingerprint density at radius 3 is 2.31 bits per heavy atom. The van der Waals surface area contributed by atoms with Gasteiger partial charge in [0, 0.05) is 13.1 Å². The lowest BCUT2D eigenvalue weighted by Gasteiger charge is -2.27. The Morgan fingerprint density at radius 1 is 1.38 bits per heavy atom. The normalized spacial score (nSPS) is 12.2. The van der Waals surface area contributed by atoms with E-state index in [0.717, 1.165) is 19.3 Å². The first-order valence-corrected chi connectivity index (χ1v) is 5.74. The third kappa shape index (κ3) is 5.12. The maximum absolute atomic E-state index is 11.7. The van der Waals surface area contributed by atoms with Gasteiger partial charge in [-0.05, 0) is 6.42 Å². The van der Waals surface area contributed by atoms with Crippen LogP contribution in [0.15, 0.2) is 25.3 Å². The summed E-state index contributed by atoms with van der Waals surface area (Å²) in [6.07, 6.45) is 6.51. The van der Waals surface area contributed by atoms with E-state index in [-0.39, 0.29) is 12.0 Å². The first kappa shape index (κ1) is 14.9. The van der Waals surface area contributed by atoms with Gasteiger partial charge in [0.15, 0.2) is 0 Å². The van der Waals surface area contributed by atoms with Crippen molar-refractivity contribution in [3.05, 3.63) is 25.3 Å². The molecule has 0 heterocycles. The van der Waals surface area contributed by atoms with Gasteiger partial charge in [0.05, 0.1) is 7.11 Å². The van der Waals surface area contributed by atoms with E-state index in [4.69, 9.17) is 4.74 Å². The predicted octanol–water partition coefficient (Wildman–Crippen LogP) is 2.39. The van der Waals surface area contributed by atoms with Crippen LogP contribution in [-0.2, 0) is 9.53 Å². The molecule has 16 heavy (non-hydrogen) atoms. The second-order valence-corrected chi connectivity index (χ2v) is 3.71. The Hall–Kier alpha value is -1.09. The average Bonchev–Trinajstić information content (AvgIpc) is 2.29. The second-order valence-electron chi connectivity index (χ2n) is 3.71. The lowest BCUT2D eigenvalue weighted by atomic mass is 10.1. The zero-order valence-corrected chi connectivity index (χ0v) is 10.4. The summed E-state index contributed by atoms with van der Waals surface area (Å²) in [5, 5.41) is 0. The lowest BCUT2D eigenvalue weighted by molar-refractivity contribution is -0.146. The molecule has 0 aromatic rings. The molecule has 1 unspecified atom stereocenters. The van der Waals surface area contributed by atoms with Gasteiger partial charge < -0.3 is 4.74 Å². The van der Waals surface area contributed by atoms with E-state index in [0.29, 0.717) is 13.1 Å². The van der Waals surface area contributed by atoms with Gasteiger partial charge in [-0.1, -0.05) is 31.9 Å². The molecule has 0 aliphatic rings. The van der Waals surface area contributed by atoms with Crippen LogP contribution in [0.5, 0.6) is 0 Å². The van der Waals surface area contributed by atoms with Gasteiger partial charge in [-0.15, -0.1) is 13.2 Å². The van der Waals surface area contributed by atoms with Gasteiger partial charge in [-0.3, -0.25) is 9.69 Å². The number of carbonyl (C=O) groups is 1. The Balaban J connectivity index is 4.57. The van der Waals surface area contributed by atoms with Crippen molar-refractivity contribution < 1.29 is 9.53 Å². The molecule has 1 atom stereocenters. The summed E-state index contributed by atoms with van der Waals surface area (Å²) in [5.74, 6) is -0.169. The smallest absolute Gasteiger partial charge is 0.323 e. The molecule has 0 N–H and O–H groups in total. The summed E-state index contributed by atoms with van der Waals surface area (Å²) < 4.78 is 4.83. The minimum atomic E-state index is -0.180. The van der Waals surface area contributed by atoms with Crippen molar-refractivity contribution in [2.45, 2.75) is 32.2 Å². The number of ether oxygens (including phenoxy) is 1. The van der Waals surface area contributed by atoms with Crippen LogP contribution in [0.25, 0.3) is 0 Å². The molecule has 92 valence electrons. The summed E-state index contributed by atoms with van der Waals surface area (Å²) in [4.78, 5) is 13.7. The number of esters is 1. The predicted molar refractivity (Wildman–Crippen MR) is 67.3 cm³/mol. The molecule has 0 amide bonds. The van der Waals surface area contributed by atoms with E-state index in [1.165, 1.54) is 7.11 Å². The summed E-state index contributed by atoms with van der Waals surface area (Å²) >= 11 is 0. The molecule has 0 aliphatic heterocycles. The van der Waals surface area contributed by atoms with E-state index in [2.05, 4.69) is 20.1 Å². The van der Waals surface area contributed by atoms with Gasteiger partial charge in [0.25, 0.3) is 0 Å². The first-order chi connectivity index (χ1) is 7.71. The average molecular weight is 225 g/mol. The summed E-state index contributed by atoms with van der Waals surface area (Å²) in [7, 11) is 1.43. The van der Waals surface area contributed by atoms with Crippen LogP contribution in [0.3, 0.4) is 0 Å². The van der Waals surface area contributed by atoms with Crippen LogP contribution < -0.4 is 0 Å². The molecule has 0 aliphatic carbocycles. The van der Waals surface area contributed by atoms with Gasteiger partial charge in [-0.25, -0.2) is 0 Å². The standard InChI is InChI=1S/C13H23NO2/c1-5-8-9-12(13(15)16-4)14(10-6-2)11-7-3/h6-7,12H,2-3,5,8-11H2,1,4H3. The van der Waals surface area contributed by atoms with Crippen LogP contribution in [0, 0.1) is 0 Å². The van der Waals surface area contributed by atoms with Crippen LogP contribution >= 0.6 is 0 Å². The summed E-state index contributed by atoms with van der Waals surface area (Å²) in [6, 6.07) is -0.180. The fraction of sp³-hybridized carbons (Fsp3) is 0.615. The summed E-state index contributed by atoms with van der Waals surface area (Å²) in [6.45, 7) is 10.9. The fourth-order valence-corrected chi connectivity index (χ4v) is 1.64. The summed E-state index contributed by atoms with van der Waals surface area (Å²) in [5.41, 5.74) is 0. The largest absolute Gasteiger partial charge is 0.468 e. The highest BCUT2D eigenvalue weighted by atomic mass is 16.5. The second kappa shape index (κ2) is 9.16. The minimum absolute atomic E-state index is 0.169. The van der Waals surface area contributed by atoms with Crippen molar-refractivity contribution in [1.82, 2.24) is 4.90 Å². The molecule has 3 heteroatoms. The maximum Gasteiger partial charge on any atom is 0.323 e. The van der Waals surface area contributed by atoms with Crippen molar-refractivity contribution in [1.29, 1.82) is 0 Å². The number of methoxy groups -OCH3 is 1. The zero-order valence-electron chi connectivity index (χ0n) is 10.4. The molecular weight excluding hydrogens is 202 g/mol. The van der Waals surface area contributed by atoms with Gasteiger partial charge in [0.1, 0.15) is 6.04 Å². The van der Waals surface area contributed by atoms with E-state index >= 15 is 0 Å². The van der Waals surface area contributed by atoms with Crippen molar-refractivity contribution in [3.63, 3.8) is 0 Å². The number of rotatable bonds is 9. The van der Waals surface area contributed by atoms with Crippen molar-refractivity contribution in [2.75, 3.05) is 20.2 Å². The molecule has 0 spiro atoms. The van der Waals surface area contributed by atoms with Crippen LogP contribution in [0.1, 0.15) is 26.2 Å². The van der Waals surface area contributed by atoms with Gasteiger partial charge in [-0.2, -0.15) is 0 Å². The topological polar surface area (TPSA) is 29.5 Å². The number of nitrogens with zero attached hydrogens (tertiary/aromatic N) is 1. The van der Waals surface area contributed by atoms with E-state index < -0.39 is 0 Å². The number of hydrogen-bond acceptors (Lipinski definition) is 3. The number of unbranched alkanes of at least 4 members (excludes halogenated alkanes) is 1. The molecule has 0 radical (unpaired) electrons. The van der Waals surface area contributed by atoms with Crippen LogP contribution in [0.2, 0.25) is 0 Å². The molecule has 0 bridgehead atoms. The molecule has 0 fully saturated rings. The quantitative estimate of drug-likeness (QED) is 0.446. The number of carbonyl (C=O) groups excluding carboxylic acids is 1. The molecular formula is C13H23NO2. The van der Waals surface area contributed by atoms with E-state index in [1.807, 2.05) is 4.90 Å². The van der Waals surface area contributed by atoms with E-state index in [1.54, 1.807) is 12.2 Å². The van der Waals surface area contributed by atoms with Gasteiger partial charge in [0.2, 0.25) is 0 Å². The Morgan fingerprint density at radius 2 is 1.94 bits per heavy atom. The third-order valence-corrected chi connectivity index (χ3v) is 2.47. The highest BCUT2D eigenvalue weighted by Gasteiger charge is 2.24. The van der Waals surface area contributed by atoms with Crippen LogP contribution in [0.4, 0.5) is 0 Å². The molecule has 3 nitrogen and oxygen atoms in total. The minimum Gasteiger partial charge on any atom is -0.468 e. The first-order valence-electron chi connectivity index (χ1n) is 5.74. The zero-order chi connectivity index (χ0) is 12.4. The molecule has 0 saturated carbocycles. The van der Waals surface area contributed by atoms with Crippen molar-refractivity contribution >= 4 is 5.97 Å². The molecule has 0 rings (SSSR count). The Bertz CT molecular complexity index is 216. The third-order valence-electron chi connectivity index (χ3n) is 2.47. The molecule has 0 aromatic carbocycles. The fourth-order valence-electron chi connectivity index (χ4n) is 1.64. The van der Waals surface area contributed by atoms with Gasteiger partial charge >= 0.3 is 5.97 Å². The SMILES string of the molecule is C=CCN(CC=C)C(CCCC)C(=O)OC. The monoisotopic (exact) mass is 225 g/mol. The maximum atomic E-state index is 11.7. The Labute approximate surface area is 98.8 Å².